The quantitative estimate of drug-likeness (QED) is 0.554. The summed E-state index contributed by atoms with van der Waals surface area (Å²) in [7, 11) is 0. The summed E-state index contributed by atoms with van der Waals surface area (Å²) >= 11 is 0. The number of imide groups is 1. The molecule has 0 aromatic heterocycles. The molecule has 3 heterocycles. The van der Waals surface area contributed by atoms with Crippen LogP contribution in [0.25, 0.3) is 0 Å². The van der Waals surface area contributed by atoms with Gasteiger partial charge in [0.15, 0.2) is 0 Å². The van der Waals surface area contributed by atoms with Crippen molar-refractivity contribution in [3.8, 4) is 0 Å². The highest BCUT2D eigenvalue weighted by Gasteiger charge is 2.45. The van der Waals surface area contributed by atoms with Crippen LogP contribution < -0.4 is 10.2 Å². The smallest absolute Gasteiger partial charge is 0.410 e. The van der Waals surface area contributed by atoms with Crippen LogP contribution in [0.1, 0.15) is 57.2 Å². The molecule has 2 saturated heterocycles. The van der Waals surface area contributed by atoms with E-state index in [9.17, 15) is 24.6 Å². The van der Waals surface area contributed by atoms with E-state index in [1.165, 1.54) is 17.0 Å². The van der Waals surface area contributed by atoms with E-state index in [0.717, 1.165) is 0 Å². The van der Waals surface area contributed by atoms with Crippen molar-refractivity contribution in [3.05, 3.63) is 29.1 Å². The van der Waals surface area contributed by atoms with Crippen LogP contribution in [-0.4, -0.2) is 75.7 Å². The van der Waals surface area contributed by atoms with Crippen LogP contribution in [0.15, 0.2) is 12.1 Å². The summed E-state index contributed by atoms with van der Waals surface area (Å²) in [5.74, 6) is -1.58. The normalized spacial score (nSPS) is 26.3. The molecule has 0 saturated carbocycles. The number of halogens is 1. The van der Waals surface area contributed by atoms with Crippen LogP contribution in [-0.2, 0) is 14.3 Å². The van der Waals surface area contributed by atoms with E-state index in [-0.39, 0.29) is 24.1 Å². The maximum atomic E-state index is 15.0. The number of piperidine rings is 1. The maximum absolute atomic E-state index is 15.0. The highest BCUT2D eigenvalue weighted by molar-refractivity contribution is 6.00. The Hall–Kier alpha value is -2.76. The van der Waals surface area contributed by atoms with E-state index in [1.807, 2.05) is 0 Å². The molecule has 3 aliphatic rings. The number of amides is 3. The van der Waals surface area contributed by atoms with Crippen molar-refractivity contribution in [2.75, 3.05) is 31.1 Å². The number of ether oxygens (including phenoxy) is 1. The molecule has 3 N–H and O–H groups in total. The van der Waals surface area contributed by atoms with Gasteiger partial charge in [-0.25, -0.2) is 14.1 Å². The third kappa shape index (κ3) is 4.53. The third-order valence-corrected chi connectivity index (χ3v) is 6.12. The van der Waals surface area contributed by atoms with Crippen molar-refractivity contribution in [1.29, 1.82) is 0 Å². The summed E-state index contributed by atoms with van der Waals surface area (Å²) in [6.45, 7) is 6.80. The van der Waals surface area contributed by atoms with Gasteiger partial charge in [-0.2, -0.15) is 0 Å². The Labute approximate surface area is 190 Å². The highest BCUT2D eigenvalue weighted by Crippen LogP contribution is 2.44. The van der Waals surface area contributed by atoms with E-state index in [0.29, 0.717) is 31.7 Å². The number of carbonyl (C=O) groups excluding carboxylic acids is 3. The average molecular weight is 464 g/mol. The number of carbonyl (C=O) groups is 3. The number of rotatable bonds is 2. The molecule has 1 aromatic rings. The fourth-order valence-corrected chi connectivity index (χ4v) is 4.50. The molecule has 3 unspecified atom stereocenters. The molecule has 33 heavy (non-hydrogen) atoms. The molecular formula is C22H29FN4O6. The van der Waals surface area contributed by atoms with Crippen LogP contribution in [0.3, 0.4) is 0 Å². The Balaban J connectivity index is 1.50. The SMILES string of the molecule is CC(C)(C)OC(=O)N1CCN(c2cc3c(cc2F)C(O)N(C2CCC(=O)NC2=O)C3O)CC1. The van der Waals surface area contributed by atoms with Gasteiger partial charge in [0.25, 0.3) is 0 Å². The van der Waals surface area contributed by atoms with Crippen LogP contribution in [0.4, 0.5) is 14.9 Å². The van der Waals surface area contributed by atoms with Crippen LogP contribution in [0.5, 0.6) is 0 Å². The van der Waals surface area contributed by atoms with Gasteiger partial charge in [0, 0.05) is 43.7 Å². The zero-order valence-electron chi connectivity index (χ0n) is 18.9. The molecule has 3 amide bonds. The number of aliphatic hydroxyl groups excluding tert-OH is 2. The monoisotopic (exact) mass is 464 g/mol. The fraction of sp³-hybridized carbons (Fsp3) is 0.591. The second kappa shape index (κ2) is 8.54. The van der Waals surface area contributed by atoms with Gasteiger partial charge >= 0.3 is 6.09 Å². The van der Waals surface area contributed by atoms with Crippen LogP contribution >= 0.6 is 0 Å². The van der Waals surface area contributed by atoms with Gasteiger partial charge in [0.1, 0.15) is 23.9 Å². The first-order chi connectivity index (χ1) is 15.5. The molecule has 4 rings (SSSR count). The van der Waals surface area contributed by atoms with Gasteiger partial charge in [-0.1, -0.05) is 0 Å². The van der Waals surface area contributed by atoms with E-state index >= 15 is 4.39 Å². The minimum absolute atomic E-state index is 0.0875. The maximum Gasteiger partial charge on any atom is 0.410 e. The number of aliphatic hydroxyl groups is 2. The summed E-state index contributed by atoms with van der Waals surface area (Å²) in [5.41, 5.74) is 0.124. The Morgan fingerprint density at radius 1 is 1.09 bits per heavy atom. The summed E-state index contributed by atoms with van der Waals surface area (Å²) < 4.78 is 20.4. The van der Waals surface area contributed by atoms with E-state index < -0.39 is 47.8 Å². The van der Waals surface area contributed by atoms with Gasteiger partial charge in [-0.3, -0.25) is 14.9 Å². The minimum atomic E-state index is -1.38. The number of hydrogen-bond donors (Lipinski definition) is 3. The molecule has 10 nitrogen and oxygen atoms in total. The molecular weight excluding hydrogens is 435 g/mol. The van der Waals surface area contributed by atoms with Crippen molar-refractivity contribution in [1.82, 2.24) is 15.1 Å². The summed E-state index contributed by atoms with van der Waals surface area (Å²) in [5, 5.41) is 23.8. The van der Waals surface area contributed by atoms with E-state index in [1.54, 1.807) is 30.6 Å². The van der Waals surface area contributed by atoms with Gasteiger partial charge in [0.05, 0.1) is 11.7 Å². The molecule has 1 aromatic carbocycles. The summed E-state index contributed by atoms with van der Waals surface area (Å²) in [6, 6.07) is 1.74. The number of nitrogens with one attached hydrogen (secondary N) is 1. The van der Waals surface area contributed by atoms with Crippen molar-refractivity contribution >= 4 is 23.6 Å². The molecule has 3 atom stereocenters. The van der Waals surface area contributed by atoms with E-state index in [2.05, 4.69) is 5.32 Å². The first-order valence-electron chi connectivity index (χ1n) is 11.0. The molecule has 3 aliphatic heterocycles. The van der Waals surface area contributed by atoms with Crippen LogP contribution in [0.2, 0.25) is 0 Å². The highest BCUT2D eigenvalue weighted by atomic mass is 19.1. The lowest BCUT2D eigenvalue weighted by atomic mass is 10.0. The number of anilines is 1. The van der Waals surface area contributed by atoms with Gasteiger partial charge in [-0.05, 0) is 39.3 Å². The van der Waals surface area contributed by atoms with Gasteiger partial charge in [-0.15, -0.1) is 0 Å². The van der Waals surface area contributed by atoms with Crippen molar-refractivity contribution < 1.29 is 33.7 Å². The van der Waals surface area contributed by atoms with Crippen LogP contribution in [0, 0.1) is 5.82 Å². The third-order valence-electron chi connectivity index (χ3n) is 6.12. The first-order valence-corrected chi connectivity index (χ1v) is 11.0. The van der Waals surface area contributed by atoms with Gasteiger partial charge in [0.2, 0.25) is 11.8 Å². The van der Waals surface area contributed by atoms with Crippen molar-refractivity contribution in [3.63, 3.8) is 0 Å². The van der Waals surface area contributed by atoms with Gasteiger partial charge < -0.3 is 24.7 Å². The molecule has 0 radical (unpaired) electrons. The Morgan fingerprint density at radius 3 is 2.27 bits per heavy atom. The predicted molar refractivity (Wildman–Crippen MR) is 114 cm³/mol. The zero-order valence-corrected chi connectivity index (χ0v) is 18.9. The average Bonchev–Trinajstić information content (AvgIpc) is 2.96. The molecule has 11 heteroatoms. The fourth-order valence-electron chi connectivity index (χ4n) is 4.50. The van der Waals surface area contributed by atoms with Crippen molar-refractivity contribution in [2.24, 2.45) is 0 Å². The largest absolute Gasteiger partial charge is 0.444 e. The first kappa shape index (κ1) is 23.4. The lowest BCUT2D eigenvalue weighted by Gasteiger charge is -2.37. The standard InChI is InChI=1S/C22H29FN4O6/c1-22(2,3)33-21(32)26-8-6-25(7-9-26)16-11-13-12(10-14(16)23)19(30)27(20(13)31)15-4-5-17(28)24-18(15)29/h10-11,15,19-20,30-31H,4-9H2,1-3H3,(H,24,28,29). The number of hydrogen-bond acceptors (Lipinski definition) is 8. The number of piperazine rings is 1. The number of nitrogens with zero attached hydrogens (tertiary/aromatic N) is 3. The Morgan fingerprint density at radius 2 is 1.70 bits per heavy atom. The lowest BCUT2D eigenvalue weighted by molar-refractivity contribution is -0.154. The molecule has 180 valence electrons. The molecule has 0 aliphatic carbocycles. The van der Waals surface area contributed by atoms with E-state index in [4.69, 9.17) is 4.74 Å². The topological polar surface area (TPSA) is 123 Å². The Kier molecular flexibility index (Phi) is 6.06. The molecule has 0 spiro atoms. The second-order valence-corrected chi connectivity index (χ2v) is 9.55. The molecule has 0 bridgehead atoms. The predicted octanol–water partition coefficient (Wildman–Crippen LogP) is 0.985. The number of benzene rings is 1. The minimum Gasteiger partial charge on any atom is -0.444 e. The van der Waals surface area contributed by atoms with Crippen molar-refractivity contribution in [2.45, 2.75) is 57.7 Å². The summed E-state index contributed by atoms with van der Waals surface area (Å²) in [4.78, 5) is 40.5. The zero-order chi connectivity index (χ0) is 24.1. The second-order valence-electron chi connectivity index (χ2n) is 9.55. The lowest BCUT2D eigenvalue weighted by Crippen LogP contribution is -2.52. The number of fused-ring (bicyclic) bond motifs is 1. The summed E-state index contributed by atoms with van der Waals surface area (Å²) in [6.07, 6.45) is -2.90. The Bertz CT molecular complexity index is 972. The molecule has 2 fully saturated rings.